The van der Waals surface area contributed by atoms with Crippen LogP contribution in [-0.2, 0) is 22.4 Å². The van der Waals surface area contributed by atoms with Crippen molar-refractivity contribution in [2.24, 2.45) is 0 Å². The van der Waals surface area contributed by atoms with E-state index in [4.69, 9.17) is 0 Å². The number of nitrogens with one attached hydrogen (secondary N) is 2. The number of benzene rings is 4. The Morgan fingerprint density at radius 2 is 1.50 bits per heavy atom. The average molecular weight is 624 g/mol. The number of aliphatic hydroxyl groups is 1. The molecule has 0 fully saturated rings. The van der Waals surface area contributed by atoms with E-state index in [9.17, 15) is 24.6 Å². The van der Waals surface area contributed by atoms with Crippen molar-refractivity contribution in [3.05, 3.63) is 113 Å². The van der Waals surface area contributed by atoms with Gasteiger partial charge in [-0.1, -0.05) is 78.9 Å². The van der Waals surface area contributed by atoms with Gasteiger partial charge in [-0.05, 0) is 74.6 Å². The molecule has 0 aliphatic heterocycles. The van der Waals surface area contributed by atoms with Gasteiger partial charge in [0.05, 0.1) is 12.1 Å². The van der Waals surface area contributed by atoms with Crippen molar-refractivity contribution < 1.29 is 24.6 Å². The zero-order valence-electron chi connectivity index (χ0n) is 27.3. The molecule has 0 heterocycles. The second-order valence-corrected chi connectivity index (χ2v) is 12.9. The summed E-state index contributed by atoms with van der Waals surface area (Å²) in [7, 11) is 0. The maximum Gasteiger partial charge on any atom is 0.252 e. The molecule has 4 N–H and O–H groups in total. The SMILES string of the molecule is CC(=O)N(CC[C@@H](O)[C@H](Cc1ccc2ccccc2c1)NC(=O)c1cccc(O)c1C)[C@@H](Cc1ccccc1)C(=O)NC(C)(C)C. The third-order valence-electron chi connectivity index (χ3n) is 8.12. The number of phenols is 1. The minimum absolute atomic E-state index is 0.00867. The molecule has 8 heteroatoms. The number of aromatic hydroxyl groups is 1. The van der Waals surface area contributed by atoms with Crippen molar-refractivity contribution in [3.8, 4) is 5.75 Å². The average Bonchev–Trinajstić information content (AvgIpc) is 3.00. The first-order chi connectivity index (χ1) is 21.8. The lowest BCUT2D eigenvalue weighted by Crippen LogP contribution is -2.55. The van der Waals surface area contributed by atoms with Crippen LogP contribution in [0.25, 0.3) is 10.8 Å². The molecule has 0 bridgehead atoms. The lowest BCUT2D eigenvalue weighted by atomic mass is 9.95. The largest absolute Gasteiger partial charge is 0.508 e. The predicted octanol–water partition coefficient (Wildman–Crippen LogP) is 5.32. The molecule has 3 amide bonds. The van der Waals surface area contributed by atoms with Gasteiger partial charge in [-0.3, -0.25) is 14.4 Å². The fourth-order valence-electron chi connectivity index (χ4n) is 5.66. The number of phenolic OH excluding ortho intramolecular Hbond substituents is 1. The topological polar surface area (TPSA) is 119 Å². The summed E-state index contributed by atoms with van der Waals surface area (Å²) in [5.74, 6) is -0.980. The van der Waals surface area contributed by atoms with Crippen LogP contribution in [0.5, 0.6) is 5.75 Å². The molecule has 4 rings (SSSR count). The van der Waals surface area contributed by atoms with E-state index in [0.29, 0.717) is 24.0 Å². The monoisotopic (exact) mass is 623 g/mol. The Morgan fingerprint density at radius 1 is 0.826 bits per heavy atom. The summed E-state index contributed by atoms with van der Waals surface area (Å²) >= 11 is 0. The third-order valence-corrected chi connectivity index (χ3v) is 8.12. The van der Waals surface area contributed by atoms with Crippen LogP contribution in [-0.4, -0.2) is 63.1 Å². The molecule has 3 atom stereocenters. The molecular weight excluding hydrogens is 578 g/mol. The van der Waals surface area contributed by atoms with Gasteiger partial charge in [-0.25, -0.2) is 0 Å². The van der Waals surface area contributed by atoms with Crippen LogP contribution >= 0.6 is 0 Å². The van der Waals surface area contributed by atoms with E-state index in [0.717, 1.165) is 21.9 Å². The Balaban J connectivity index is 1.60. The van der Waals surface area contributed by atoms with Crippen LogP contribution in [0.1, 0.15) is 61.2 Å². The van der Waals surface area contributed by atoms with E-state index >= 15 is 0 Å². The van der Waals surface area contributed by atoms with E-state index in [1.54, 1.807) is 19.1 Å². The van der Waals surface area contributed by atoms with Crippen molar-refractivity contribution in [1.82, 2.24) is 15.5 Å². The molecular formula is C38H45N3O5. The number of rotatable bonds is 12. The molecule has 0 aromatic heterocycles. The van der Waals surface area contributed by atoms with E-state index in [1.807, 2.05) is 93.6 Å². The molecule has 0 saturated carbocycles. The second kappa shape index (κ2) is 15.1. The summed E-state index contributed by atoms with van der Waals surface area (Å²) in [5.41, 5.74) is 2.07. The Labute approximate surface area is 271 Å². The Hall–Kier alpha value is -4.69. The quantitative estimate of drug-likeness (QED) is 0.170. The van der Waals surface area contributed by atoms with Crippen LogP contribution in [0.3, 0.4) is 0 Å². The molecule has 0 aliphatic rings. The highest BCUT2D eigenvalue weighted by Gasteiger charge is 2.32. The van der Waals surface area contributed by atoms with Gasteiger partial charge in [-0.15, -0.1) is 0 Å². The van der Waals surface area contributed by atoms with Gasteiger partial charge >= 0.3 is 0 Å². The summed E-state index contributed by atoms with van der Waals surface area (Å²) < 4.78 is 0. The molecule has 0 radical (unpaired) electrons. The fraction of sp³-hybridized carbons (Fsp3) is 0.342. The molecule has 4 aromatic carbocycles. The molecule has 0 unspecified atom stereocenters. The second-order valence-electron chi connectivity index (χ2n) is 12.9. The summed E-state index contributed by atoms with van der Waals surface area (Å²) in [6, 6.07) is 26.7. The standard InChI is InChI=1S/C38H45N3O5/c1-25-31(16-11-17-34(25)43)36(45)39-32(23-28-18-19-29-14-9-10-15-30(29)22-28)35(44)20-21-41(26(2)42)33(37(46)40-38(3,4)5)24-27-12-7-6-8-13-27/h6-19,22,32-33,35,43-44H,20-21,23-24H2,1-5H3,(H,39,45)(H,40,46)/t32-,33-,35+/m0/s1. The fourth-order valence-corrected chi connectivity index (χ4v) is 5.66. The molecule has 0 saturated heterocycles. The van der Waals surface area contributed by atoms with Crippen molar-refractivity contribution in [1.29, 1.82) is 0 Å². The zero-order chi connectivity index (χ0) is 33.4. The summed E-state index contributed by atoms with van der Waals surface area (Å²) in [6.45, 7) is 8.86. The normalized spacial score (nSPS) is 13.4. The van der Waals surface area contributed by atoms with Gasteiger partial charge in [0.1, 0.15) is 11.8 Å². The maximum atomic E-state index is 13.6. The van der Waals surface area contributed by atoms with Gasteiger partial charge in [0.15, 0.2) is 0 Å². The molecule has 46 heavy (non-hydrogen) atoms. The van der Waals surface area contributed by atoms with Crippen LogP contribution < -0.4 is 10.6 Å². The molecule has 0 spiro atoms. The smallest absolute Gasteiger partial charge is 0.252 e. The maximum absolute atomic E-state index is 13.6. The molecule has 4 aromatic rings. The third kappa shape index (κ3) is 9.17. The zero-order valence-corrected chi connectivity index (χ0v) is 27.3. The van der Waals surface area contributed by atoms with Crippen molar-refractivity contribution in [2.45, 2.75) is 77.6 Å². The van der Waals surface area contributed by atoms with Gasteiger partial charge in [0.25, 0.3) is 5.91 Å². The van der Waals surface area contributed by atoms with Gasteiger partial charge in [0.2, 0.25) is 11.8 Å². The van der Waals surface area contributed by atoms with E-state index in [-0.39, 0.29) is 30.5 Å². The minimum atomic E-state index is -1.06. The Morgan fingerprint density at radius 3 is 2.17 bits per heavy atom. The molecule has 8 nitrogen and oxygen atoms in total. The van der Waals surface area contributed by atoms with Gasteiger partial charge < -0.3 is 25.7 Å². The van der Waals surface area contributed by atoms with Crippen LogP contribution in [0.15, 0.2) is 91.0 Å². The lowest BCUT2D eigenvalue weighted by molar-refractivity contribution is -0.140. The lowest BCUT2D eigenvalue weighted by Gasteiger charge is -2.34. The Bertz CT molecular complexity index is 1660. The predicted molar refractivity (Wildman–Crippen MR) is 182 cm³/mol. The first-order valence-electron chi connectivity index (χ1n) is 15.7. The number of amides is 3. The van der Waals surface area contributed by atoms with Crippen molar-refractivity contribution in [3.63, 3.8) is 0 Å². The minimum Gasteiger partial charge on any atom is -0.508 e. The highest BCUT2D eigenvalue weighted by Crippen LogP contribution is 2.22. The van der Waals surface area contributed by atoms with Crippen LogP contribution in [0, 0.1) is 6.92 Å². The van der Waals surface area contributed by atoms with Gasteiger partial charge in [-0.2, -0.15) is 0 Å². The summed E-state index contributed by atoms with van der Waals surface area (Å²) in [5, 5.41) is 30.0. The Kier molecular flexibility index (Phi) is 11.2. The van der Waals surface area contributed by atoms with Crippen molar-refractivity contribution >= 4 is 28.5 Å². The highest BCUT2D eigenvalue weighted by molar-refractivity contribution is 5.96. The number of hydrogen-bond acceptors (Lipinski definition) is 5. The number of carbonyl (C=O) groups is 3. The number of nitrogens with zero attached hydrogens (tertiary/aromatic N) is 1. The van der Waals surface area contributed by atoms with E-state index < -0.39 is 29.6 Å². The first kappa shape index (κ1) is 34.2. The highest BCUT2D eigenvalue weighted by atomic mass is 16.3. The van der Waals surface area contributed by atoms with Crippen LogP contribution in [0.2, 0.25) is 0 Å². The number of hydrogen-bond donors (Lipinski definition) is 4. The number of carbonyl (C=O) groups excluding carboxylic acids is 3. The van der Waals surface area contributed by atoms with Crippen LogP contribution in [0.4, 0.5) is 0 Å². The van der Waals surface area contributed by atoms with E-state index in [1.165, 1.54) is 17.9 Å². The molecule has 242 valence electrons. The van der Waals surface area contributed by atoms with Crippen molar-refractivity contribution in [2.75, 3.05) is 6.54 Å². The summed E-state index contributed by atoms with van der Waals surface area (Å²) in [4.78, 5) is 41.6. The van der Waals surface area contributed by atoms with E-state index in [2.05, 4.69) is 10.6 Å². The number of aliphatic hydroxyl groups excluding tert-OH is 1. The summed E-state index contributed by atoms with van der Waals surface area (Å²) in [6.07, 6.45) is -0.302. The molecule has 0 aliphatic carbocycles. The first-order valence-corrected chi connectivity index (χ1v) is 15.7. The number of fused-ring (bicyclic) bond motifs is 1. The van der Waals surface area contributed by atoms with Gasteiger partial charge in [0, 0.05) is 36.6 Å².